The van der Waals surface area contributed by atoms with Gasteiger partial charge in [-0.1, -0.05) is 20.8 Å². The number of alkyl halides is 2. The summed E-state index contributed by atoms with van der Waals surface area (Å²) in [5, 5.41) is 0.194. The summed E-state index contributed by atoms with van der Waals surface area (Å²) in [5.74, 6) is 2.44. The van der Waals surface area contributed by atoms with Crippen LogP contribution in [-0.2, 0) is 47.3 Å². The SMILES string of the molecule is CC(C)(C)c1cc2c3c(c1)Cc1cc(C(C)(C)C)cc4c1O[P+](Cl)(O3)Oc1c(cc(C(C)(C)C)cc1Cc1cc(C(C)(C)C)cc(c1OP(Cl)(Cl)(Cl)Cl)C4)C2.ClCCl.Cl[P-](Cl)(Cl)(Cl)(Cl)Cl. The Balaban J connectivity index is 0.000000717. The molecular weight excluding hydrogens is 1160 g/mol. The van der Waals surface area contributed by atoms with Gasteiger partial charge >= 0.3 is 403 Å². The molecule has 364 valence electrons. The monoisotopic (exact) mass is 1210 g/mol. The first kappa shape index (κ1) is 57.0. The molecule has 0 N–H and O–H groups in total. The molecule has 0 saturated heterocycles. The summed E-state index contributed by atoms with van der Waals surface area (Å²) in [4.78, 5) is 0. The molecule has 20 heteroatoms. The zero-order chi connectivity index (χ0) is 49.6. The molecule has 3 aliphatic heterocycles. The molecule has 3 aliphatic rings. The van der Waals surface area contributed by atoms with E-state index in [4.69, 9.17) is 165 Å². The van der Waals surface area contributed by atoms with E-state index in [-0.39, 0.29) is 27.0 Å². The van der Waals surface area contributed by atoms with Gasteiger partial charge in [0.15, 0.2) is 0 Å². The number of halogens is 13. The van der Waals surface area contributed by atoms with E-state index in [1.54, 1.807) is 0 Å². The summed E-state index contributed by atoms with van der Waals surface area (Å²) in [6.07, 6.45) is 1.89. The fourth-order valence-corrected chi connectivity index (χ4v) is 11.0. The molecule has 6 bridgehead atoms. The Morgan fingerprint density at radius 3 is 0.831 bits per heavy atom. The molecule has 0 aromatic heterocycles. The Morgan fingerprint density at radius 2 is 0.646 bits per heavy atom. The van der Waals surface area contributed by atoms with E-state index < -0.39 is 13.6 Å². The number of hydrogen-bond donors (Lipinski definition) is 0. The Labute approximate surface area is 448 Å². The van der Waals surface area contributed by atoms with Gasteiger partial charge in [0.05, 0.1) is 5.34 Å². The van der Waals surface area contributed by atoms with Gasteiger partial charge in [0.2, 0.25) is 0 Å². The number of hydrogen-bond acceptors (Lipinski definition) is 4. The third-order valence-electron chi connectivity index (χ3n) is 10.8. The molecule has 4 aromatic rings. The number of rotatable bonds is 2. The van der Waals surface area contributed by atoms with Crippen LogP contribution in [0, 0.1) is 0 Å². The van der Waals surface area contributed by atoms with Crippen LogP contribution in [0.5, 0.6) is 23.0 Å². The van der Waals surface area contributed by atoms with E-state index in [0.29, 0.717) is 42.9 Å². The van der Waals surface area contributed by atoms with Crippen molar-refractivity contribution >= 4 is 160 Å². The summed E-state index contributed by atoms with van der Waals surface area (Å²) in [7, 11) is -3.66. The fraction of sp³-hybridized carbons (Fsp3) is 0.467. The van der Waals surface area contributed by atoms with E-state index in [0.717, 1.165) is 66.9 Å². The average molecular weight is 1210 g/mol. The summed E-state index contributed by atoms with van der Waals surface area (Å²) in [5.41, 5.74) is 11.5. The Kier molecular flexibility index (Phi) is 16.0. The first-order valence-corrected chi connectivity index (χ1v) is 37.8. The standard InChI is InChI=1S/C44H52Cl5O4P2.CH2Cl2.Cl6P/c1-41(2,3)33-17-25-13-27-19-34(42(4,5)6)21-29-15-31-23-36(44(10,11)12)24-32(40(31)53-55(46,47,48)49)16-30-22-35(43(7,8)9)20-28-14-26(18-33)37(25)50-54(45,51-38(27)29)52-39(28)30;2-1-3;1-7(2,3,4,5)6/h17-24H,13-16H2,1-12H3;1H2;/q+1;;-1. The molecule has 0 fully saturated rings. The molecule has 0 unspecified atom stereocenters. The van der Waals surface area contributed by atoms with Gasteiger partial charge in [-0.2, -0.15) is 0 Å². The zero-order valence-electron chi connectivity index (χ0n) is 38.0. The van der Waals surface area contributed by atoms with Gasteiger partial charge in [0.25, 0.3) is 0 Å². The number of benzene rings is 4. The third kappa shape index (κ3) is 16.3. The Hall–Kier alpha value is 1.14. The predicted molar refractivity (Wildman–Crippen MR) is 296 cm³/mol. The molecule has 0 atom stereocenters. The van der Waals surface area contributed by atoms with Crippen LogP contribution in [0.3, 0.4) is 0 Å². The van der Waals surface area contributed by atoms with Gasteiger partial charge in [0.1, 0.15) is 0 Å². The van der Waals surface area contributed by atoms with E-state index in [9.17, 15) is 0 Å². The first-order chi connectivity index (χ1) is 28.8. The van der Waals surface area contributed by atoms with Gasteiger partial charge in [-0.3, -0.25) is 0 Å². The quantitative estimate of drug-likeness (QED) is 0.130. The van der Waals surface area contributed by atoms with Gasteiger partial charge in [0, 0.05) is 0 Å². The van der Waals surface area contributed by atoms with Crippen LogP contribution in [0.15, 0.2) is 48.5 Å². The summed E-state index contributed by atoms with van der Waals surface area (Å²) in [6.45, 7) is 26.7. The second-order valence-corrected chi connectivity index (χ2v) is 61.4. The topological polar surface area (TPSA) is 36.9 Å². The summed E-state index contributed by atoms with van der Waals surface area (Å²) < 4.78 is 18.0. The van der Waals surface area contributed by atoms with Crippen molar-refractivity contribution in [3.05, 3.63) is 115 Å². The molecule has 4 aromatic carbocycles. The van der Waals surface area contributed by atoms with Gasteiger partial charge in [-0.25, -0.2) is 0 Å². The van der Waals surface area contributed by atoms with Gasteiger partial charge < -0.3 is 0 Å². The normalized spacial score (nSPS) is 17.3. The van der Waals surface area contributed by atoms with Crippen molar-refractivity contribution in [2.24, 2.45) is 0 Å². The Morgan fingerprint density at radius 1 is 0.462 bits per heavy atom. The van der Waals surface area contributed by atoms with Crippen molar-refractivity contribution in [1.82, 2.24) is 0 Å². The zero-order valence-corrected chi connectivity index (χ0v) is 50.6. The second kappa shape index (κ2) is 18.3. The number of fused-ring (bicyclic) bond motifs is 2. The van der Waals surface area contributed by atoms with Crippen LogP contribution in [0.2, 0.25) is 0 Å². The van der Waals surface area contributed by atoms with Crippen molar-refractivity contribution in [1.29, 1.82) is 0 Å². The molecule has 0 spiro atoms. The molecule has 65 heavy (non-hydrogen) atoms. The second-order valence-electron chi connectivity index (χ2n) is 20.7. The van der Waals surface area contributed by atoms with Crippen LogP contribution in [0.4, 0.5) is 0 Å². The first-order valence-electron chi connectivity index (χ1n) is 20.4. The maximum atomic E-state index is 7.70. The summed E-state index contributed by atoms with van der Waals surface area (Å²) >= 11 is 73.8. The fourth-order valence-electron chi connectivity index (χ4n) is 7.61. The van der Waals surface area contributed by atoms with E-state index in [1.807, 2.05) is 0 Å². The van der Waals surface area contributed by atoms with Crippen LogP contribution in [0.1, 0.15) is 150 Å². The molecule has 7 rings (SSSR count). The minimum atomic E-state index is -4.82. The molecule has 3 heterocycles. The molecule has 0 saturated carbocycles. The molecule has 0 radical (unpaired) electrons. The summed E-state index contributed by atoms with van der Waals surface area (Å²) in [6, 6.07) is 17.8. The van der Waals surface area contributed by atoms with Crippen molar-refractivity contribution in [2.75, 3.05) is 5.34 Å². The van der Waals surface area contributed by atoms with Crippen molar-refractivity contribution in [2.45, 2.75) is 130 Å². The predicted octanol–water partition coefficient (Wildman–Crippen LogP) is 22.5. The van der Waals surface area contributed by atoms with E-state index in [1.165, 1.54) is 5.56 Å². The molecule has 0 aliphatic carbocycles. The van der Waals surface area contributed by atoms with Crippen LogP contribution < -0.4 is 18.1 Å². The van der Waals surface area contributed by atoms with E-state index >= 15 is 0 Å². The van der Waals surface area contributed by atoms with Crippen molar-refractivity contribution in [3.63, 3.8) is 0 Å². The third-order valence-corrected chi connectivity index (χ3v) is 13.9. The van der Waals surface area contributed by atoms with Gasteiger partial charge in [-0.15, -0.1) is 23.2 Å². The van der Waals surface area contributed by atoms with Crippen molar-refractivity contribution in [3.8, 4) is 23.0 Å². The van der Waals surface area contributed by atoms with Crippen molar-refractivity contribution < 1.29 is 18.1 Å². The molecule has 4 nitrogen and oxygen atoms in total. The minimum absolute atomic E-state index is 0.116. The Bertz CT molecular complexity index is 2370. The molecule has 0 amide bonds. The van der Waals surface area contributed by atoms with Crippen LogP contribution in [0.25, 0.3) is 0 Å². The maximum absolute atomic E-state index is 7.70. The van der Waals surface area contributed by atoms with E-state index in [2.05, 4.69) is 132 Å². The van der Waals surface area contributed by atoms with Crippen LogP contribution in [-0.4, -0.2) is 5.34 Å². The molecular formula is C45H54Cl13O4P3. The van der Waals surface area contributed by atoms with Crippen LogP contribution >= 0.6 is 160 Å². The van der Waals surface area contributed by atoms with Gasteiger partial charge in [-0.05, 0) is 0 Å². The average Bonchev–Trinajstić information content (AvgIpc) is 3.04.